The van der Waals surface area contributed by atoms with Gasteiger partial charge in [-0.25, -0.2) is 0 Å². The molecule has 0 aliphatic rings. The van der Waals surface area contributed by atoms with Crippen LogP contribution >= 0.6 is 11.3 Å². The van der Waals surface area contributed by atoms with Gasteiger partial charge in [0.1, 0.15) is 0 Å². The van der Waals surface area contributed by atoms with Crippen LogP contribution in [0.3, 0.4) is 0 Å². The van der Waals surface area contributed by atoms with Crippen LogP contribution in [-0.4, -0.2) is 13.1 Å². The molecular weight excluding hydrogens is 228 g/mol. The van der Waals surface area contributed by atoms with Crippen molar-refractivity contribution in [1.29, 1.82) is 0 Å². The van der Waals surface area contributed by atoms with Gasteiger partial charge < -0.3 is 11.1 Å². The van der Waals surface area contributed by atoms with Crippen molar-refractivity contribution < 1.29 is 0 Å². The van der Waals surface area contributed by atoms with Crippen LogP contribution in [0.4, 0.5) is 0 Å². The number of nitrogens with one attached hydrogen (secondary N) is 1. The van der Waals surface area contributed by atoms with Gasteiger partial charge in [-0.3, -0.25) is 0 Å². The second-order valence-electron chi connectivity index (χ2n) is 4.05. The summed E-state index contributed by atoms with van der Waals surface area (Å²) in [4.78, 5) is 1.37. The van der Waals surface area contributed by atoms with Gasteiger partial charge in [-0.05, 0) is 17.0 Å². The van der Waals surface area contributed by atoms with Crippen LogP contribution in [0.15, 0.2) is 47.8 Å². The van der Waals surface area contributed by atoms with E-state index in [1.165, 1.54) is 10.4 Å². The Bertz CT molecular complexity index is 411. The quantitative estimate of drug-likeness (QED) is 0.822. The third-order valence-electron chi connectivity index (χ3n) is 2.83. The lowest BCUT2D eigenvalue weighted by molar-refractivity contribution is 0.591. The third kappa shape index (κ3) is 3.66. The van der Waals surface area contributed by atoms with Gasteiger partial charge in [-0.15, -0.1) is 11.3 Å². The summed E-state index contributed by atoms with van der Waals surface area (Å²) in [6.07, 6.45) is 0. The number of benzene rings is 1. The number of hydrogen-bond acceptors (Lipinski definition) is 3. The highest BCUT2D eigenvalue weighted by Gasteiger charge is 2.08. The molecule has 0 fully saturated rings. The van der Waals surface area contributed by atoms with E-state index in [0.29, 0.717) is 12.5 Å². The fraction of sp³-hybridized carbons (Fsp3) is 0.286. The Kier molecular flexibility index (Phi) is 4.74. The average Bonchev–Trinajstić information content (AvgIpc) is 2.89. The average molecular weight is 246 g/mol. The van der Waals surface area contributed by atoms with E-state index in [1.807, 2.05) is 6.07 Å². The second-order valence-corrected chi connectivity index (χ2v) is 5.09. The highest BCUT2D eigenvalue weighted by Crippen LogP contribution is 2.13. The molecular formula is C14H18N2S. The van der Waals surface area contributed by atoms with E-state index in [4.69, 9.17) is 5.73 Å². The Morgan fingerprint density at radius 3 is 2.59 bits per heavy atom. The first-order chi connectivity index (χ1) is 8.40. The number of thiophene rings is 1. The van der Waals surface area contributed by atoms with Gasteiger partial charge in [0.25, 0.3) is 0 Å². The highest BCUT2D eigenvalue weighted by atomic mass is 32.1. The Labute approximate surface area is 106 Å². The van der Waals surface area contributed by atoms with Gasteiger partial charge in [-0.2, -0.15) is 0 Å². The van der Waals surface area contributed by atoms with E-state index in [-0.39, 0.29) is 0 Å². The van der Waals surface area contributed by atoms with Crippen molar-refractivity contribution in [1.82, 2.24) is 5.32 Å². The molecule has 0 amide bonds. The first-order valence-corrected chi connectivity index (χ1v) is 6.76. The molecule has 2 aromatic rings. The molecule has 0 radical (unpaired) electrons. The van der Waals surface area contributed by atoms with Gasteiger partial charge in [0, 0.05) is 30.4 Å². The molecule has 90 valence electrons. The molecule has 0 spiro atoms. The Morgan fingerprint density at radius 1 is 1.12 bits per heavy atom. The molecule has 3 heteroatoms. The molecule has 2 rings (SSSR count). The van der Waals surface area contributed by atoms with E-state index in [0.717, 1.165) is 13.1 Å². The van der Waals surface area contributed by atoms with Gasteiger partial charge in [-0.1, -0.05) is 36.4 Å². The van der Waals surface area contributed by atoms with Crippen LogP contribution < -0.4 is 11.1 Å². The zero-order valence-corrected chi connectivity index (χ0v) is 10.6. The van der Waals surface area contributed by atoms with E-state index >= 15 is 0 Å². The molecule has 3 N–H and O–H groups in total. The minimum atomic E-state index is 0.399. The van der Waals surface area contributed by atoms with E-state index in [9.17, 15) is 0 Å². The molecule has 1 aromatic heterocycles. The van der Waals surface area contributed by atoms with E-state index in [1.54, 1.807) is 11.3 Å². The van der Waals surface area contributed by atoms with Crippen molar-refractivity contribution >= 4 is 11.3 Å². The van der Waals surface area contributed by atoms with Crippen LogP contribution in [0.25, 0.3) is 0 Å². The lowest BCUT2D eigenvalue weighted by Crippen LogP contribution is -2.26. The molecule has 0 saturated carbocycles. The van der Waals surface area contributed by atoms with Gasteiger partial charge in [0.15, 0.2) is 0 Å². The first kappa shape index (κ1) is 12.3. The molecule has 17 heavy (non-hydrogen) atoms. The maximum Gasteiger partial charge on any atom is 0.0299 e. The second kappa shape index (κ2) is 6.55. The minimum absolute atomic E-state index is 0.399. The number of rotatable bonds is 6. The summed E-state index contributed by atoms with van der Waals surface area (Å²) >= 11 is 1.78. The van der Waals surface area contributed by atoms with Gasteiger partial charge in [0.2, 0.25) is 0 Å². The largest absolute Gasteiger partial charge is 0.330 e. The van der Waals surface area contributed by atoms with Crippen LogP contribution in [-0.2, 0) is 6.54 Å². The van der Waals surface area contributed by atoms with Gasteiger partial charge >= 0.3 is 0 Å². The zero-order valence-electron chi connectivity index (χ0n) is 9.80. The third-order valence-corrected chi connectivity index (χ3v) is 3.70. The molecule has 2 nitrogen and oxygen atoms in total. The SMILES string of the molecule is NCC(CNCc1cccs1)c1ccccc1. The van der Waals surface area contributed by atoms with Gasteiger partial charge in [0.05, 0.1) is 0 Å². The number of hydrogen-bond donors (Lipinski definition) is 2. The topological polar surface area (TPSA) is 38.0 Å². The van der Waals surface area contributed by atoms with E-state index < -0.39 is 0 Å². The predicted molar refractivity (Wildman–Crippen MR) is 74.3 cm³/mol. The summed E-state index contributed by atoms with van der Waals surface area (Å²) in [7, 11) is 0. The molecule has 1 atom stereocenters. The van der Waals surface area contributed by atoms with Crippen LogP contribution in [0.5, 0.6) is 0 Å². The van der Waals surface area contributed by atoms with Crippen LogP contribution in [0.2, 0.25) is 0 Å². The summed E-state index contributed by atoms with van der Waals surface area (Å²) < 4.78 is 0. The van der Waals surface area contributed by atoms with Crippen molar-refractivity contribution in [3.8, 4) is 0 Å². The summed E-state index contributed by atoms with van der Waals surface area (Å²) in [6, 6.07) is 14.7. The Hall–Kier alpha value is -1.16. The fourth-order valence-electron chi connectivity index (χ4n) is 1.85. The molecule has 1 aromatic carbocycles. The minimum Gasteiger partial charge on any atom is -0.330 e. The first-order valence-electron chi connectivity index (χ1n) is 5.88. The maximum absolute atomic E-state index is 5.83. The number of nitrogens with two attached hydrogens (primary N) is 1. The summed E-state index contributed by atoms with van der Waals surface area (Å²) in [5.74, 6) is 0.399. The molecule has 0 bridgehead atoms. The van der Waals surface area contributed by atoms with Crippen molar-refractivity contribution in [2.45, 2.75) is 12.5 Å². The molecule has 0 aliphatic carbocycles. The van der Waals surface area contributed by atoms with Crippen LogP contribution in [0.1, 0.15) is 16.4 Å². The monoisotopic (exact) mass is 246 g/mol. The highest BCUT2D eigenvalue weighted by molar-refractivity contribution is 7.09. The van der Waals surface area contributed by atoms with Crippen molar-refractivity contribution in [3.63, 3.8) is 0 Å². The molecule has 1 unspecified atom stereocenters. The standard InChI is InChI=1S/C14H18N2S/c15-9-13(12-5-2-1-3-6-12)10-16-11-14-7-4-8-17-14/h1-8,13,16H,9-11,15H2. The summed E-state index contributed by atoms with van der Waals surface area (Å²) in [5, 5.41) is 5.57. The Morgan fingerprint density at radius 2 is 1.94 bits per heavy atom. The van der Waals surface area contributed by atoms with Crippen molar-refractivity contribution in [2.75, 3.05) is 13.1 Å². The zero-order chi connectivity index (χ0) is 11.9. The lowest BCUT2D eigenvalue weighted by atomic mass is 9.99. The molecule has 1 heterocycles. The lowest BCUT2D eigenvalue weighted by Gasteiger charge is -2.15. The Balaban J connectivity index is 1.84. The maximum atomic E-state index is 5.83. The summed E-state index contributed by atoms with van der Waals surface area (Å²) in [5.41, 5.74) is 7.14. The van der Waals surface area contributed by atoms with Crippen molar-refractivity contribution in [3.05, 3.63) is 58.3 Å². The van der Waals surface area contributed by atoms with E-state index in [2.05, 4.69) is 47.1 Å². The summed E-state index contributed by atoms with van der Waals surface area (Å²) in [6.45, 7) is 2.54. The fourth-order valence-corrected chi connectivity index (χ4v) is 2.52. The van der Waals surface area contributed by atoms with Crippen molar-refractivity contribution in [2.24, 2.45) is 5.73 Å². The smallest absolute Gasteiger partial charge is 0.0299 e. The molecule has 0 saturated heterocycles. The normalized spacial score (nSPS) is 12.5. The molecule has 0 aliphatic heterocycles. The van der Waals surface area contributed by atoms with Crippen LogP contribution in [0, 0.1) is 0 Å². The predicted octanol–water partition coefficient (Wildman–Crippen LogP) is 2.58.